The summed E-state index contributed by atoms with van der Waals surface area (Å²) in [6, 6.07) is 0.208. The van der Waals surface area contributed by atoms with Crippen molar-refractivity contribution in [2.24, 2.45) is 0 Å². The van der Waals surface area contributed by atoms with Crippen LogP contribution < -0.4 is 9.47 Å². The normalized spacial score (nSPS) is 12.1. The quantitative estimate of drug-likeness (QED) is 0.468. The van der Waals surface area contributed by atoms with E-state index < -0.39 is 42.7 Å². The fraction of sp³-hybridized carbons (Fsp3) is 0.286. The van der Waals surface area contributed by atoms with Crippen molar-refractivity contribution in [3.05, 3.63) is 16.2 Å². The van der Waals surface area contributed by atoms with Crippen LogP contribution in [0.5, 0.6) is 11.6 Å². The zero-order valence-corrected chi connectivity index (χ0v) is 10.9. The second-order valence-electron chi connectivity index (χ2n) is 3.06. The molecule has 13 heteroatoms. The number of ether oxygens (including phenoxy) is 2. The predicted molar refractivity (Wildman–Crippen MR) is 57.2 cm³/mol. The highest BCUT2D eigenvalue weighted by Crippen LogP contribution is 2.37. The maximum absolute atomic E-state index is 12.1. The Labute approximate surface area is 113 Å². The van der Waals surface area contributed by atoms with Gasteiger partial charge in [-0.1, -0.05) is 0 Å². The summed E-state index contributed by atoms with van der Waals surface area (Å²) < 4.78 is 66.4. The van der Waals surface area contributed by atoms with Crippen LogP contribution >= 0.6 is 10.7 Å². The first kappa shape index (κ1) is 16.2. The van der Waals surface area contributed by atoms with Crippen molar-refractivity contribution >= 4 is 25.6 Å². The van der Waals surface area contributed by atoms with Crippen molar-refractivity contribution in [2.75, 3.05) is 7.11 Å². The number of hydrogen-bond acceptors (Lipinski definition) is 7. The van der Waals surface area contributed by atoms with Crippen LogP contribution in [0.3, 0.4) is 0 Å². The summed E-state index contributed by atoms with van der Waals surface area (Å²) in [5.41, 5.74) is 0. The Bertz CT molecular complexity index is 647. The molecule has 0 radical (unpaired) electrons. The van der Waals surface area contributed by atoms with Crippen molar-refractivity contribution in [1.82, 2.24) is 4.98 Å². The molecule has 0 atom stereocenters. The van der Waals surface area contributed by atoms with Gasteiger partial charge >= 0.3 is 18.1 Å². The average Bonchev–Trinajstić information content (AvgIpc) is 2.24. The number of methoxy groups -OCH3 is 1. The van der Waals surface area contributed by atoms with Crippen LogP contribution in [0.1, 0.15) is 0 Å². The van der Waals surface area contributed by atoms with Crippen LogP contribution in [0.15, 0.2) is 11.0 Å². The maximum atomic E-state index is 12.1. The minimum absolute atomic E-state index is 0.208. The number of nitro groups is 1. The van der Waals surface area contributed by atoms with E-state index in [4.69, 9.17) is 10.7 Å². The third-order valence-corrected chi connectivity index (χ3v) is 3.07. The Morgan fingerprint density at radius 1 is 1.45 bits per heavy atom. The van der Waals surface area contributed by atoms with Crippen molar-refractivity contribution in [3.8, 4) is 11.6 Å². The zero-order chi connectivity index (χ0) is 15.7. The predicted octanol–water partition coefficient (Wildman–Crippen LogP) is 1.82. The molecule has 0 saturated heterocycles. The summed E-state index contributed by atoms with van der Waals surface area (Å²) in [5, 5.41) is 10.6. The average molecular weight is 337 g/mol. The fourth-order valence-electron chi connectivity index (χ4n) is 1.10. The van der Waals surface area contributed by atoms with Crippen molar-refractivity contribution < 1.29 is 36.0 Å². The smallest absolute Gasteiger partial charge is 0.462 e. The van der Waals surface area contributed by atoms with Gasteiger partial charge in [0.1, 0.15) is 0 Å². The van der Waals surface area contributed by atoms with E-state index in [2.05, 4.69) is 14.5 Å². The second kappa shape index (κ2) is 5.28. The zero-order valence-electron chi connectivity index (χ0n) is 9.34. The van der Waals surface area contributed by atoms with Crippen LogP contribution in [0, 0.1) is 10.1 Å². The first-order valence-electron chi connectivity index (χ1n) is 4.39. The van der Waals surface area contributed by atoms with Crippen molar-refractivity contribution in [2.45, 2.75) is 11.3 Å². The number of alkyl halides is 3. The number of nitrogens with zero attached hydrogens (tertiary/aromatic N) is 2. The number of hydrogen-bond donors (Lipinski definition) is 0. The highest BCUT2D eigenvalue weighted by molar-refractivity contribution is 8.13. The van der Waals surface area contributed by atoms with Gasteiger partial charge in [0.05, 0.1) is 7.11 Å². The first-order chi connectivity index (χ1) is 8.95. The molecule has 1 heterocycles. The van der Waals surface area contributed by atoms with Crippen molar-refractivity contribution in [3.63, 3.8) is 0 Å². The van der Waals surface area contributed by atoms with Gasteiger partial charge in [0.15, 0.2) is 4.90 Å². The minimum Gasteiger partial charge on any atom is -0.462 e. The molecule has 0 aromatic carbocycles. The van der Waals surface area contributed by atoms with Gasteiger partial charge in [-0.3, -0.25) is 0 Å². The van der Waals surface area contributed by atoms with E-state index in [1.807, 2.05) is 0 Å². The number of aromatic nitrogens is 1. The lowest BCUT2D eigenvalue weighted by Gasteiger charge is -2.10. The molecule has 0 aliphatic heterocycles. The van der Waals surface area contributed by atoms with E-state index in [9.17, 15) is 31.7 Å². The third-order valence-electron chi connectivity index (χ3n) is 1.76. The summed E-state index contributed by atoms with van der Waals surface area (Å²) >= 11 is 0. The van der Waals surface area contributed by atoms with Crippen LogP contribution in [0.2, 0.25) is 0 Å². The lowest BCUT2D eigenvalue weighted by Crippen LogP contribution is -2.19. The molecule has 0 N–H and O–H groups in total. The highest BCUT2D eigenvalue weighted by atomic mass is 35.7. The summed E-state index contributed by atoms with van der Waals surface area (Å²) in [6.07, 6.45) is -5.28. The van der Waals surface area contributed by atoms with E-state index in [1.165, 1.54) is 0 Å². The molecular formula is C7H4ClF3N2O6S. The molecule has 1 aromatic rings. The molecule has 0 amide bonds. The molecular weight excluding hydrogens is 333 g/mol. The maximum Gasteiger partial charge on any atom is 0.573 e. The van der Waals surface area contributed by atoms with Gasteiger partial charge in [0.2, 0.25) is 5.75 Å². The van der Waals surface area contributed by atoms with Gasteiger partial charge in [0, 0.05) is 21.7 Å². The molecule has 0 saturated carbocycles. The molecule has 112 valence electrons. The monoisotopic (exact) mass is 336 g/mol. The van der Waals surface area contributed by atoms with Crippen molar-refractivity contribution in [1.29, 1.82) is 0 Å². The lowest BCUT2D eigenvalue weighted by atomic mass is 10.4. The molecule has 0 aliphatic rings. The number of rotatable bonds is 4. The lowest BCUT2D eigenvalue weighted by molar-refractivity contribution is -0.393. The summed E-state index contributed by atoms with van der Waals surface area (Å²) in [4.78, 5) is 11.3. The highest BCUT2D eigenvalue weighted by Gasteiger charge is 2.38. The third kappa shape index (κ3) is 3.84. The van der Waals surface area contributed by atoms with Gasteiger partial charge in [-0.15, -0.1) is 13.2 Å². The van der Waals surface area contributed by atoms with E-state index >= 15 is 0 Å². The molecule has 0 spiro atoms. The molecule has 8 nitrogen and oxygen atoms in total. The SMILES string of the molecule is COc1nc([N+](=O)[O-])c(OC(F)(F)F)cc1S(=O)(=O)Cl. The molecule has 0 unspecified atom stereocenters. The molecule has 0 fully saturated rings. The minimum atomic E-state index is -5.28. The van der Waals surface area contributed by atoms with Crippen LogP contribution in [0.4, 0.5) is 19.0 Å². The summed E-state index contributed by atoms with van der Waals surface area (Å²) in [5.74, 6) is -3.63. The summed E-state index contributed by atoms with van der Waals surface area (Å²) in [7, 11) is 1.32. The standard InChI is InChI=1S/C7H4ClF3N2O6S/c1-18-6-4(20(8,16)17)2-3(19-7(9,10)11)5(12-6)13(14)15/h2H,1H3. The van der Waals surface area contributed by atoms with E-state index in [0.29, 0.717) is 0 Å². The first-order valence-corrected chi connectivity index (χ1v) is 6.70. The van der Waals surface area contributed by atoms with Gasteiger partial charge < -0.3 is 19.6 Å². The topological polar surface area (TPSA) is 109 Å². The number of halogens is 4. The Kier molecular flexibility index (Phi) is 4.29. The second-order valence-corrected chi connectivity index (χ2v) is 5.59. The molecule has 20 heavy (non-hydrogen) atoms. The van der Waals surface area contributed by atoms with E-state index in [0.717, 1.165) is 7.11 Å². The Morgan fingerprint density at radius 2 is 2.00 bits per heavy atom. The Hall–Kier alpha value is -1.82. The largest absolute Gasteiger partial charge is 0.573 e. The van der Waals surface area contributed by atoms with Crippen LogP contribution in [-0.2, 0) is 9.05 Å². The van der Waals surface area contributed by atoms with Gasteiger partial charge in [-0.05, 0) is 4.92 Å². The van der Waals surface area contributed by atoms with Gasteiger partial charge in [-0.2, -0.15) is 0 Å². The summed E-state index contributed by atoms with van der Waals surface area (Å²) in [6.45, 7) is 0. The Balaban J connectivity index is 3.60. The fourth-order valence-corrected chi connectivity index (χ4v) is 2.02. The van der Waals surface area contributed by atoms with Gasteiger partial charge in [-0.25, -0.2) is 8.42 Å². The molecule has 0 aliphatic carbocycles. The van der Waals surface area contributed by atoms with Crippen LogP contribution in [-0.4, -0.2) is 31.8 Å². The molecule has 1 aromatic heterocycles. The molecule has 0 bridgehead atoms. The van der Waals surface area contributed by atoms with E-state index in [-0.39, 0.29) is 6.07 Å². The molecule has 1 rings (SSSR count). The van der Waals surface area contributed by atoms with Crippen LogP contribution in [0.25, 0.3) is 0 Å². The Morgan fingerprint density at radius 3 is 2.35 bits per heavy atom. The van der Waals surface area contributed by atoms with Gasteiger partial charge in [0.25, 0.3) is 9.05 Å². The van der Waals surface area contributed by atoms with E-state index in [1.54, 1.807) is 0 Å². The number of pyridine rings is 1.